The molecule has 0 aromatic rings. The van der Waals surface area contributed by atoms with Crippen LogP contribution in [0.3, 0.4) is 0 Å². The second-order valence-electron chi connectivity index (χ2n) is 10.9. The van der Waals surface area contributed by atoms with Gasteiger partial charge in [0.2, 0.25) is 0 Å². The van der Waals surface area contributed by atoms with Gasteiger partial charge in [0.15, 0.2) is 0 Å². The van der Waals surface area contributed by atoms with Crippen molar-refractivity contribution >= 4 is 5.97 Å². The molecule has 29 heavy (non-hydrogen) atoms. The smallest absolute Gasteiger partial charge is 0.255 e. The average Bonchev–Trinajstić information content (AvgIpc) is 3.08. The van der Waals surface area contributed by atoms with Crippen LogP contribution in [0.4, 0.5) is 4.53 Å². The minimum Gasteiger partial charge on any atom is -0.255 e. The predicted molar refractivity (Wildman–Crippen MR) is 117 cm³/mol. The number of hydrogen-bond acceptors (Lipinski definition) is 2. The van der Waals surface area contributed by atoms with E-state index in [0.717, 1.165) is 36.0 Å². The van der Waals surface area contributed by atoms with Gasteiger partial charge in [0, 0.05) is 10.9 Å². The molecule has 6 unspecified atom stereocenters. The van der Waals surface area contributed by atoms with E-state index in [2.05, 4.69) is 25.7 Å². The number of hydrogen-bond donors (Lipinski definition) is 0. The SMILES string of the molecule is CC.CC[C@H]1CC2C3CCC(CCC(=O)OF)C3(C)CC[C@@H]2C2(C)CCCCC12. The Hall–Kier alpha value is -0.600. The highest BCUT2D eigenvalue weighted by Crippen LogP contribution is 2.69. The Morgan fingerprint density at radius 2 is 1.69 bits per heavy atom. The third-order valence-corrected chi connectivity index (χ3v) is 10.3. The van der Waals surface area contributed by atoms with Crippen LogP contribution in [0.25, 0.3) is 0 Å². The number of carbonyl (C=O) groups excluding carboxylic acids is 1. The summed E-state index contributed by atoms with van der Waals surface area (Å²) in [5, 5.41) is 0. The molecule has 4 saturated carbocycles. The number of halogens is 1. The minimum absolute atomic E-state index is 0.245. The van der Waals surface area contributed by atoms with Gasteiger partial charge in [-0.05, 0) is 97.7 Å². The van der Waals surface area contributed by atoms with Gasteiger partial charge in [-0.3, -0.25) is 4.94 Å². The molecule has 4 aliphatic rings. The fourth-order valence-electron chi connectivity index (χ4n) is 8.93. The first-order valence-corrected chi connectivity index (χ1v) is 12.8. The van der Waals surface area contributed by atoms with Crippen molar-refractivity contribution in [1.29, 1.82) is 0 Å². The lowest BCUT2D eigenvalue weighted by Crippen LogP contribution is -2.55. The standard InChI is InChI=1S/C24H39FO2.C2H6/c1-4-16-15-18-20-10-8-17(9-11-22(26)27-25)23(20,2)14-12-21(18)24(3)13-6-5-7-19(16)24;1-2/h16-21H,4-15H2,1-3H3;1-2H3/t16-,17?,18?,19?,20?,21-,23?,24?;/m0./s1. The maximum atomic E-state index is 12.1. The molecule has 168 valence electrons. The minimum atomic E-state index is -0.683. The van der Waals surface area contributed by atoms with Crippen molar-refractivity contribution in [2.24, 2.45) is 46.3 Å². The summed E-state index contributed by atoms with van der Waals surface area (Å²) in [6.07, 6.45) is 14.9. The van der Waals surface area contributed by atoms with Gasteiger partial charge in [-0.25, -0.2) is 4.79 Å². The molecular formula is C26H45FO2. The van der Waals surface area contributed by atoms with Crippen LogP contribution >= 0.6 is 0 Å². The first-order chi connectivity index (χ1) is 13.9. The summed E-state index contributed by atoms with van der Waals surface area (Å²) < 4.78 is 12.1. The first-order valence-electron chi connectivity index (χ1n) is 12.8. The average molecular weight is 409 g/mol. The third-order valence-electron chi connectivity index (χ3n) is 10.3. The Bertz CT molecular complexity index is 563. The summed E-state index contributed by atoms with van der Waals surface area (Å²) in [6.45, 7) is 11.6. The van der Waals surface area contributed by atoms with Gasteiger partial charge in [-0.2, -0.15) is 0 Å². The Labute approximate surface area is 178 Å². The zero-order valence-electron chi connectivity index (χ0n) is 19.6. The fourth-order valence-corrected chi connectivity index (χ4v) is 8.93. The van der Waals surface area contributed by atoms with E-state index in [4.69, 9.17) is 0 Å². The Morgan fingerprint density at radius 3 is 2.38 bits per heavy atom. The van der Waals surface area contributed by atoms with Gasteiger partial charge in [-0.1, -0.05) is 53.9 Å². The zero-order chi connectivity index (χ0) is 21.2. The van der Waals surface area contributed by atoms with E-state index < -0.39 is 5.97 Å². The van der Waals surface area contributed by atoms with Crippen LogP contribution in [0.1, 0.15) is 112 Å². The zero-order valence-corrected chi connectivity index (χ0v) is 19.6. The van der Waals surface area contributed by atoms with E-state index in [1.807, 2.05) is 13.8 Å². The van der Waals surface area contributed by atoms with Crippen LogP contribution < -0.4 is 0 Å². The van der Waals surface area contributed by atoms with Crippen molar-refractivity contribution in [3.05, 3.63) is 0 Å². The van der Waals surface area contributed by atoms with Crippen molar-refractivity contribution < 1.29 is 14.3 Å². The third kappa shape index (κ3) is 3.89. The van der Waals surface area contributed by atoms with Crippen molar-refractivity contribution in [2.75, 3.05) is 0 Å². The van der Waals surface area contributed by atoms with Crippen molar-refractivity contribution in [3.63, 3.8) is 0 Å². The lowest BCUT2D eigenvalue weighted by atomic mass is 9.42. The molecule has 3 heteroatoms. The summed E-state index contributed by atoms with van der Waals surface area (Å²) >= 11 is 0. The number of rotatable bonds is 4. The summed E-state index contributed by atoms with van der Waals surface area (Å²) in [5.74, 6) is 4.37. The largest absolute Gasteiger partial charge is 0.348 e. The molecule has 2 nitrogen and oxygen atoms in total. The molecular weight excluding hydrogens is 363 g/mol. The maximum absolute atomic E-state index is 12.1. The highest BCUT2D eigenvalue weighted by Gasteiger charge is 2.60. The summed E-state index contributed by atoms with van der Waals surface area (Å²) in [4.78, 5) is 14.8. The predicted octanol–water partition coefficient (Wildman–Crippen LogP) is 7.91. The van der Waals surface area contributed by atoms with E-state index in [1.54, 1.807) is 0 Å². The van der Waals surface area contributed by atoms with Crippen LogP contribution in [0, 0.1) is 46.3 Å². The van der Waals surface area contributed by atoms with Gasteiger partial charge in [0.05, 0.1) is 0 Å². The Kier molecular flexibility index (Phi) is 7.37. The molecule has 0 bridgehead atoms. The summed E-state index contributed by atoms with van der Waals surface area (Å²) in [7, 11) is 0. The molecule has 0 heterocycles. The first kappa shape index (κ1) is 23.1. The molecule has 0 aliphatic heterocycles. The quantitative estimate of drug-likeness (QED) is 0.472. The molecule has 0 amide bonds. The Morgan fingerprint density at radius 1 is 0.966 bits per heavy atom. The lowest BCUT2D eigenvalue weighted by Gasteiger charge is -2.62. The van der Waals surface area contributed by atoms with Crippen molar-refractivity contribution in [3.8, 4) is 0 Å². The summed E-state index contributed by atoms with van der Waals surface area (Å²) in [5.41, 5.74) is 0.924. The van der Waals surface area contributed by atoms with Gasteiger partial charge >= 0.3 is 5.97 Å². The maximum Gasteiger partial charge on any atom is 0.348 e. The highest BCUT2D eigenvalue weighted by molar-refractivity contribution is 5.68. The normalized spacial score (nSPS) is 45.9. The molecule has 0 saturated heterocycles. The molecule has 0 radical (unpaired) electrons. The van der Waals surface area contributed by atoms with Gasteiger partial charge < -0.3 is 0 Å². The number of carbonyl (C=O) groups is 1. The molecule has 4 rings (SSSR count). The molecule has 4 fully saturated rings. The van der Waals surface area contributed by atoms with Crippen molar-refractivity contribution in [2.45, 2.75) is 112 Å². The van der Waals surface area contributed by atoms with Crippen LogP contribution in [-0.2, 0) is 9.74 Å². The molecule has 8 atom stereocenters. The van der Waals surface area contributed by atoms with E-state index in [9.17, 15) is 9.32 Å². The van der Waals surface area contributed by atoms with Crippen molar-refractivity contribution in [1.82, 2.24) is 0 Å². The van der Waals surface area contributed by atoms with Crippen LogP contribution in [0.15, 0.2) is 0 Å². The summed E-state index contributed by atoms with van der Waals surface area (Å²) in [6, 6.07) is 0. The fraction of sp³-hybridized carbons (Fsp3) is 0.962. The highest BCUT2D eigenvalue weighted by atomic mass is 19.3. The van der Waals surface area contributed by atoms with E-state index in [-0.39, 0.29) is 6.42 Å². The van der Waals surface area contributed by atoms with E-state index in [1.165, 1.54) is 64.2 Å². The van der Waals surface area contributed by atoms with Crippen LogP contribution in [0.2, 0.25) is 0 Å². The van der Waals surface area contributed by atoms with Gasteiger partial charge in [-0.15, -0.1) is 0 Å². The van der Waals surface area contributed by atoms with E-state index >= 15 is 0 Å². The molecule has 4 aliphatic carbocycles. The van der Waals surface area contributed by atoms with Gasteiger partial charge in [0.25, 0.3) is 0 Å². The van der Waals surface area contributed by atoms with Crippen LogP contribution in [0.5, 0.6) is 0 Å². The molecule has 0 spiro atoms. The second kappa shape index (κ2) is 9.27. The Balaban J connectivity index is 0.00000117. The topological polar surface area (TPSA) is 26.3 Å². The van der Waals surface area contributed by atoms with Gasteiger partial charge in [0.1, 0.15) is 0 Å². The molecule has 0 N–H and O–H groups in total. The number of fused-ring (bicyclic) bond motifs is 5. The van der Waals surface area contributed by atoms with Crippen LogP contribution in [-0.4, -0.2) is 5.97 Å². The monoisotopic (exact) mass is 408 g/mol. The van der Waals surface area contributed by atoms with E-state index in [0.29, 0.717) is 16.7 Å². The lowest BCUT2D eigenvalue weighted by molar-refractivity contribution is -0.184. The molecule has 0 aromatic carbocycles. The second-order valence-corrected chi connectivity index (χ2v) is 10.9. The molecule has 0 aromatic heterocycles.